The van der Waals surface area contributed by atoms with Crippen LogP contribution in [-0.2, 0) is 28.4 Å². The van der Waals surface area contributed by atoms with Gasteiger partial charge >= 0.3 is 0 Å². The fourth-order valence-corrected chi connectivity index (χ4v) is 2.82. The van der Waals surface area contributed by atoms with Crippen LogP contribution in [0.4, 0.5) is 0 Å². The summed E-state index contributed by atoms with van der Waals surface area (Å²) < 4.78 is 34.4. The Bertz CT molecular complexity index is 392. The first-order valence-electron chi connectivity index (χ1n) is 6.93. The van der Waals surface area contributed by atoms with Crippen molar-refractivity contribution in [3.05, 3.63) is 25.3 Å². The van der Waals surface area contributed by atoms with E-state index in [0.29, 0.717) is 19.1 Å². The molecule has 21 heavy (non-hydrogen) atoms. The molecular weight excluding hydrogens is 300 g/mol. The smallest absolute Gasteiger partial charge is 0.187 e. The van der Waals surface area contributed by atoms with Gasteiger partial charge in [0.2, 0.25) is 0 Å². The lowest BCUT2D eigenvalue weighted by Crippen LogP contribution is -2.62. The summed E-state index contributed by atoms with van der Waals surface area (Å²) in [5, 5.41) is 0. The number of alkyl halides is 1. The van der Waals surface area contributed by atoms with Crippen molar-refractivity contribution in [1.82, 2.24) is 0 Å². The molecule has 7 atom stereocenters. The van der Waals surface area contributed by atoms with Crippen LogP contribution >= 0.6 is 11.6 Å². The van der Waals surface area contributed by atoms with Crippen LogP contribution in [0.15, 0.2) is 25.3 Å². The molecule has 3 fully saturated rings. The number of hydrogen-bond acceptors (Lipinski definition) is 6. The van der Waals surface area contributed by atoms with Gasteiger partial charge in [-0.05, 0) is 12.2 Å². The largest absolute Gasteiger partial charge is 0.349 e. The van der Waals surface area contributed by atoms with E-state index in [1.807, 2.05) is 0 Å². The highest BCUT2D eigenvalue weighted by atomic mass is 35.5. The molecule has 0 radical (unpaired) electrons. The molecule has 0 aromatic heterocycles. The lowest BCUT2D eigenvalue weighted by Gasteiger charge is -2.45. The number of hydrogen-bond donors (Lipinski definition) is 0. The van der Waals surface area contributed by atoms with Crippen molar-refractivity contribution in [3.63, 3.8) is 0 Å². The van der Waals surface area contributed by atoms with E-state index in [4.69, 9.17) is 40.0 Å². The highest BCUT2D eigenvalue weighted by Crippen LogP contribution is 2.37. The Morgan fingerprint density at radius 3 is 2.43 bits per heavy atom. The minimum atomic E-state index is -0.563. The van der Waals surface area contributed by atoms with Gasteiger partial charge in [0.15, 0.2) is 18.9 Å². The van der Waals surface area contributed by atoms with E-state index in [1.165, 1.54) is 0 Å². The summed E-state index contributed by atoms with van der Waals surface area (Å²) in [5.41, 5.74) is 0. The summed E-state index contributed by atoms with van der Waals surface area (Å²) in [6.07, 6.45) is 0.382. The number of halogens is 1. The predicted octanol–water partition coefficient (Wildman–Crippen LogP) is 1.19. The van der Waals surface area contributed by atoms with Crippen LogP contribution in [0, 0.1) is 0 Å². The van der Waals surface area contributed by atoms with Gasteiger partial charge in [0.05, 0.1) is 13.2 Å². The van der Waals surface area contributed by atoms with E-state index in [9.17, 15) is 0 Å². The Kier molecular flexibility index (Phi) is 4.96. The van der Waals surface area contributed by atoms with Gasteiger partial charge < -0.3 is 28.4 Å². The first-order chi connectivity index (χ1) is 10.3. The van der Waals surface area contributed by atoms with Gasteiger partial charge in [0.1, 0.15) is 24.4 Å². The van der Waals surface area contributed by atoms with Crippen LogP contribution in [0.2, 0.25) is 0 Å². The number of rotatable bonds is 5. The van der Waals surface area contributed by atoms with Crippen molar-refractivity contribution < 1.29 is 28.4 Å². The fourth-order valence-electron chi connectivity index (χ4n) is 2.73. The van der Waals surface area contributed by atoms with Gasteiger partial charge in [-0.1, -0.05) is 13.2 Å². The average Bonchev–Trinajstić information content (AvgIpc) is 2.97. The lowest BCUT2D eigenvalue weighted by molar-refractivity contribution is -0.334. The van der Waals surface area contributed by atoms with Gasteiger partial charge in [0, 0.05) is 5.88 Å². The summed E-state index contributed by atoms with van der Waals surface area (Å²) in [6, 6.07) is 0. The fraction of sp³-hybridized carbons (Fsp3) is 0.714. The van der Waals surface area contributed by atoms with Crippen molar-refractivity contribution in [1.29, 1.82) is 0 Å². The molecule has 0 aliphatic carbocycles. The molecule has 118 valence electrons. The van der Waals surface area contributed by atoms with Crippen LogP contribution < -0.4 is 0 Å². The van der Waals surface area contributed by atoms with Crippen molar-refractivity contribution in [3.8, 4) is 0 Å². The predicted molar refractivity (Wildman–Crippen MR) is 73.9 cm³/mol. The van der Waals surface area contributed by atoms with Crippen molar-refractivity contribution in [2.45, 2.75) is 43.3 Å². The van der Waals surface area contributed by atoms with E-state index in [0.717, 1.165) is 0 Å². The van der Waals surface area contributed by atoms with Crippen LogP contribution in [0.1, 0.15) is 0 Å². The van der Waals surface area contributed by atoms with E-state index in [-0.39, 0.29) is 24.4 Å². The van der Waals surface area contributed by atoms with Crippen LogP contribution in [-0.4, -0.2) is 62.4 Å². The van der Waals surface area contributed by atoms with Gasteiger partial charge in [-0.25, -0.2) is 0 Å². The zero-order valence-electron chi connectivity index (χ0n) is 11.6. The molecule has 0 aromatic rings. The first kappa shape index (κ1) is 15.4. The summed E-state index contributed by atoms with van der Waals surface area (Å²) in [5.74, 6) is 0.378. The molecule has 3 heterocycles. The Hall–Kier alpha value is -0.470. The summed E-state index contributed by atoms with van der Waals surface area (Å²) >= 11 is 5.67. The zero-order valence-corrected chi connectivity index (χ0v) is 12.3. The van der Waals surface area contributed by atoms with Crippen molar-refractivity contribution in [2.75, 3.05) is 19.1 Å². The Morgan fingerprint density at radius 2 is 1.71 bits per heavy atom. The maximum absolute atomic E-state index is 5.89. The van der Waals surface area contributed by atoms with Crippen LogP contribution in [0.5, 0.6) is 0 Å². The normalized spacial score (nSPS) is 45.7. The minimum Gasteiger partial charge on any atom is -0.349 e. The maximum atomic E-state index is 5.89. The summed E-state index contributed by atoms with van der Waals surface area (Å²) in [6.45, 7) is 8.11. The third-order valence-corrected chi connectivity index (χ3v) is 3.79. The molecule has 3 aliphatic heterocycles. The molecule has 0 spiro atoms. The highest BCUT2D eigenvalue weighted by molar-refractivity contribution is 6.17. The molecule has 3 aliphatic rings. The third-order valence-electron chi connectivity index (χ3n) is 3.63. The topological polar surface area (TPSA) is 55.4 Å². The second kappa shape index (κ2) is 6.75. The molecule has 0 aromatic carbocycles. The number of fused-ring (bicyclic) bond motifs is 3. The SMILES string of the molecule is C=C[C@H]1O[C@@H]2[C@H](O1)[C@@H](OCCCl)O[C@@H]1CO[C@H](C=C)O[C@@H]21. The molecule has 0 saturated carbocycles. The van der Waals surface area contributed by atoms with E-state index in [2.05, 4.69) is 13.2 Å². The van der Waals surface area contributed by atoms with E-state index < -0.39 is 18.9 Å². The second-order valence-electron chi connectivity index (χ2n) is 4.95. The standard InChI is InChI=1S/C14H19ClO6/c1-3-9-17-7-8-11(19-9)12-13(21-10(4-2)20-12)14(18-8)16-6-5-15/h3-4,8-14H,1-2,5-7H2/t8-,9+,10+,11-,12+,13+,14+/m1/s1. The molecule has 3 rings (SSSR count). The molecule has 7 heteroatoms. The maximum Gasteiger partial charge on any atom is 0.187 e. The van der Waals surface area contributed by atoms with Crippen LogP contribution in [0.3, 0.4) is 0 Å². The van der Waals surface area contributed by atoms with E-state index in [1.54, 1.807) is 12.2 Å². The molecule has 3 saturated heterocycles. The number of ether oxygens (including phenoxy) is 6. The van der Waals surface area contributed by atoms with E-state index >= 15 is 0 Å². The summed E-state index contributed by atoms with van der Waals surface area (Å²) in [4.78, 5) is 0. The van der Waals surface area contributed by atoms with Gasteiger partial charge in [-0.3, -0.25) is 0 Å². The Balaban J connectivity index is 1.76. The molecule has 0 amide bonds. The third kappa shape index (κ3) is 3.03. The van der Waals surface area contributed by atoms with Gasteiger partial charge in [0.25, 0.3) is 0 Å². The highest BCUT2D eigenvalue weighted by Gasteiger charge is 2.55. The molecule has 0 N–H and O–H groups in total. The second-order valence-corrected chi connectivity index (χ2v) is 5.32. The summed E-state index contributed by atoms with van der Waals surface area (Å²) in [7, 11) is 0. The minimum absolute atomic E-state index is 0.282. The molecule has 0 bridgehead atoms. The van der Waals surface area contributed by atoms with Gasteiger partial charge in [-0.15, -0.1) is 11.6 Å². The monoisotopic (exact) mass is 318 g/mol. The van der Waals surface area contributed by atoms with Crippen molar-refractivity contribution >= 4 is 11.6 Å². The quantitative estimate of drug-likeness (QED) is 0.561. The Morgan fingerprint density at radius 1 is 1.00 bits per heavy atom. The lowest BCUT2D eigenvalue weighted by atomic mass is 9.98. The average molecular weight is 319 g/mol. The molecule has 0 unspecified atom stereocenters. The first-order valence-corrected chi connectivity index (χ1v) is 7.46. The van der Waals surface area contributed by atoms with Crippen LogP contribution in [0.25, 0.3) is 0 Å². The Labute approximate surface area is 128 Å². The zero-order chi connectivity index (χ0) is 14.8. The van der Waals surface area contributed by atoms with Crippen molar-refractivity contribution in [2.24, 2.45) is 0 Å². The molecular formula is C14H19ClO6. The van der Waals surface area contributed by atoms with Gasteiger partial charge in [-0.2, -0.15) is 0 Å². The molecule has 6 nitrogen and oxygen atoms in total.